The van der Waals surface area contributed by atoms with Crippen LogP contribution in [0.4, 0.5) is 5.69 Å². The van der Waals surface area contributed by atoms with E-state index >= 15 is 0 Å². The zero-order valence-electron chi connectivity index (χ0n) is 12.1. The minimum atomic E-state index is -0.216. The van der Waals surface area contributed by atoms with E-state index in [1.165, 1.54) is 24.3 Å². The summed E-state index contributed by atoms with van der Waals surface area (Å²) < 4.78 is 1.68. The van der Waals surface area contributed by atoms with E-state index in [1.54, 1.807) is 28.8 Å². The van der Waals surface area contributed by atoms with Gasteiger partial charge in [0.2, 0.25) is 11.7 Å². The Bertz CT molecular complexity index is 909. The number of hydrogen-bond donors (Lipinski definition) is 1. The van der Waals surface area contributed by atoms with Gasteiger partial charge in [-0.05, 0) is 23.8 Å². The van der Waals surface area contributed by atoms with Gasteiger partial charge in [0, 0.05) is 24.2 Å². The van der Waals surface area contributed by atoms with E-state index in [0.29, 0.717) is 16.3 Å². The van der Waals surface area contributed by atoms with E-state index in [0.717, 1.165) is 5.56 Å². The molecule has 1 aromatic carbocycles. The number of imidazole rings is 1. The van der Waals surface area contributed by atoms with Crippen LogP contribution in [0.2, 0.25) is 5.15 Å². The largest absolute Gasteiger partial charge is 0.326 e. The van der Waals surface area contributed by atoms with Crippen molar-refractivity contribution >= 4 is 51.4 Å². The van der Waals surface area contributed by atoms with Crippen molar-refractivity contribution in [2.75, 3.05) is 5.32 Å². The quantitative estimate of drug-likeness (QED) is 0.576. The maximum Gasteiger partial charge on any atom is 0.221 e. The molecule has 0 radical (unpaired) electrons. The Balaban J connectivity index is 1.79. The van der Waals surface area contributed by atoms with Crippen molar-refractivity contribution in [3.63, 3.8) is 0 Å². The first kappa shape index (κ1) is 15.5. The minimum Gasteiger partial charge on any atom is -0.326 e. The van der Waals surface area contributed by atoms with E-state index in [1.807, 2.05) is 17.5 Å². The van der Waals surface area contributed by atoms with Crippen LogP contribution in [0.5, 0.6) is 0 Å². The molecule has 0 saturated carbocycles. The summed E-state index contributed by atoms with van der Waals surface area (Å²) >= 11 is 7.45. The Morgan fingerprint density at radius 3 is 2.74 bits per heavy atom. The Morgan fingerprint density at radius 2 is 2.04 bits per heavy atom. The fraction of sp³-hybridized carbons (Fsp3) is 0.0625. The average molecular weight is 346 g/mol. The number of nitrogens with zero attached hydrogens (tertiary/aromatic N) is 2. The molecule has 0 spiro atoms. The Labute approximate surface area is 141 Å². The fourth-order valence-corrected chi connectivity index (χ4v) is 3.14. The van der Waals surface area contributed by atoms with Gasteiger partial charge in [0.05, 0.1) is 0 Å². The smallest absolute Gasteiger partial charge is 0.221 e. The summed E-state index contributed by atoms with van der Waals surface area (Å²) in [6.45, 7) is 1.45. The molecule has 7 heteroatoms. The van der Waals surface area contributed by atoms with E-state index < -0.39 is 0 Å². The molecule has 2 aromatic heterocycles. The first-order valence-corrected chi connectivity index (χ1v) is 8.01. The number of hydrogen-bond acceptors (Lipinski definition) is 4. The lowest BCUT2D eigenvalue weighted by Gasteiger charge is -2.01. The molecule has 2 heterocycles. The van der Waals surface area contributed by atoms with Crippen molar-refractivity contribution in [3.05, 3.63) is 58.3 Å². The van der Waals surface area contributed by atoms with Gasteiger partial charge < -0.3 is 5.32 Å². The van der Waals surface area contributed by atoms with Crippen molar-refractivity contribution in [2.24, 2.45) is 0 Å². The highest BCUT2D eigenvalue weighted by atomic mass is 35.5. The van der Waals surface area contributed by atoms with E-state index in [-0.39, 0.29) is 16.8 Å². The van der Waals surface area contributed by atoms with E-state index in [9.17, 15) is 9.59 Å². The SMILES string of the molecule is CC(=O)Nc1ccc(C=CC(=O)c2c(Cl)nc3sccn23)cc1. The number of ketones is 1. The lowest BCUT2D eigenvalue weighted by atomic mass is 10.1. The molecule has 5 nitrogen and oxygen atoms in total. The third-order valence-corrected chi connectivity index (χ3v) is 4.13. The molecule has 116 valence electrons. The van der Waals surface area contributed by atoms with E-state index in [2.05, 4.69) is 10.3 Å². The molecule has 0 atom stereocenters. The number of rotatable bonds is 4. The third kappa shape index (κ3) is 3.33. The standard InChI is InChI=1S/C16H12ClN3O2S/c1-10(21)18-12-5-2-11(3-6-12)4-7-13(22)14-15(17)19-16-20(14)8-9-23-16/h2-9H,1H3,(H,18,21). The minimum absolute atomic E-state index is 0.126. The summed E-state index contributed by atoms with van der Waals surface area (Å²) in [7, 11) is 0. The Morgan fingerprint density at radius 1 is 1.30 bits per heavy atom. The maximum atomic E-state index is 12.3. The van der Waals surface area contributed by atoms with E-state index in [4.69, 9.17) is 11.6 Å². The zero-order valence-corrected chi connectivity index (χ0v) is 13.7. The molecule has 3 rings (SSSR count). The van der Waals surface area contributed by atoms with Gasteiger partial charge in [0.25, 0.3) is 0 Å². The van der Waals surface area contributed by atoms with Gasteiger partial charge in [-0.15, -0.1) is 11.3 Å². The van der Waals surface area contributed by atoms with Gasteiger partial charge in [-0.1, -0.05) is 29.8 Å². The molecule has 0 aliphatic rings. The summed E-state index contributed by atoms with van der Waals surface area (Å²) in [6, 6.07) is 7.17. The van der Waals surface area contributed by atoms with Crippen LogP contribution in [0.15, 0.2) is 41.9 Å². The molecule has 0 aliphatic carbocycles. The number of halogens is 1. The van der Waals surface area contributed by atoms with Crippen molar-refractivity contribution < 1.29 is 9.59 Å². The number of aromatic nitrogens is 2. The summed E-state index contributed by atoms with van der Waals surface area (Å²) in [5, 5.41) is 4.73. The van der Waals surface area contributed by atoms with Crippen molar-refractivity contribution in [2.45, 2.75) is 6.92 Å². The first-order valence-electron chi connectivity index (χ1n) is 6.76. The van der Waals surface area contributed by atoms with Crippen LogP contribution in [-0.2, 0) is 4.79 Å². The van der Waals surface area contributed by atoms with Gasteiger partial charge >= 0.3 is 0 Å². The van der Waals surface area contributed by atoms with Crippen molar-refractivity contribution in [1.82, 2.24) is 9.38 Å². The molecule has 0 aliphatic heterocycles. The zero-order chi connectivity index (χ0) is 16.4. The predicted molar refractivity (Wildman–Crippen MR) is 92.2 cm³/mol. The number of nitrogens with one attached hydrogen (secondary N) is 1. The van der Waals surface area contributed by atoms with Crippen LogP contribution in [0.3, 0.4) is 0 Å². The number of benzene rings is 1. The highest BCUT2D eigenvalue weighted by molar-refractivity contribution is 7.15. The molecule has 23 heavy (non-hydrogen) atoms. The second-order valence-electron chi connectivity index (χ2n) is 4.81. The monoisotopic (exact) mass is 345 g/mol. The van der Waals surface area contributed by atoms with Crippen LogP contribution in [0.1, 0.15) is 23.0 Å². The normalized spacial score (nSPS) is 11.2. The molecule has 1 N–H and O–H groups in total. The van der Waals surface area contributed by atoms with Crippen LogP contribution in [-0.4, -0.2) is 21.1 Å². The fourth-order valence-electron chi connectivity index (χ4n) is 2.11. The van der Waals surface area contributed by atoms with Crippen LogP contribution >= 0.6 is 22.9 Å². The Kier molecular flexibility index (Phi) is 4.27. The molecule has 0 unspecified atom stereocenters. The molecule has 0 saturated heterocycles. The maximum absolute atomic E-state index is 12.3. The lowest BCUT2D eigenvalue weighted by Crippen LogP contribution is -2.05. The molecule has 0 bridgehead atoms. The summed E-state index contributed by atoms with van der Waals surface area (Å²) in [6.07, 6.45) is 4.92. The predicted octanol–water partition coefficient (Wildman–Crippen LogP) is 3.90. The summed E-state index contributed by atoms with van der Waals surface area (Å²) in [4.78, 5) is 28.1. The molecule has 1 amide bonds. The number of carbonyl (C=O) groups is 2. The molecular formula is C16H12ClN3O2S. The van der Waals surface area contributed by atoms with Gasteiger partial charge in [-0.25, -0.2) is 4.98 Å². The first-order chi connectivity index (χ1) is 11.0. The Hall–Kier alpha value is -2.44. The van der Waals surface area contributed by atoms with Crippen molar-refractivity contribution in [1.29, 1.82) is 0 Å². The van der Waals surface area contributed by atoms with Gasteiger partial charge in [0.15, 0.2) is 10.1 Å². The lowest BCUT2D eigenvalue weighted by molar-refractivity contribution is -0.114. The van der Waals surface area contributed by atoms with Crippen LogP contribution < -0.4 is 5.32 Å². The van der Waals surface area contributed by atoms with Crippen LogP contribution in [0, 0.1) is 0 Å². The van der Waals surface area contributed by atoms with Gasteiger partial charge in [-0.3, -0.25) is 14.0 Å². The second kappa shape index (κ2) is 6.36. The molecule has 3 aromatic rings. The number of allylic oxidation sites excluding steroid dienone is 1. The van der Waals surface area contributed by atoms with Gasteiger partial charge in [0.1, 0.15) is 5.69 Å². The average Bonchev–Trinajstić information content (AvgIpc) is 3.05. The highest BCUT2D eigenvalue weighted by Gasteiger charge is 2.16. The topological polar surface area (TPSA) is 63.5 Å². The van der Waals surface area contributed by atoms with Crippen molar-refractivity contribution in [3.8, 4) is 0 Å². The molecular weight excluding hydrogens is 334 g/mol. The molecule has 0 fully saturated rings. The highest BCUT2D eigenvalue weighted by Crippen LogP contribution is 2.22. The summed E-state index contributed by atoms with van der Waals surface area (Å²) in [5.41, 5.74) is 1.91. The number of amides is 1. The number of carbonyl (C=O) groups excluding carboxylic acids is 2. The second-order valence-corrected chi connectivity index (χ2v) is 6.04. The summed E-state index contributed by atoms with van der Waals surface area (Å²) in [5.74, 6) is -0.342. The van der Waals surface area contributed by atoms with Gasteiger partial charge in [-0.2, -0.15) is 0 Å². The number of anilines is 1. The number of thiazole rings is 1. The van der Waals surface area contributed by atoms with Crippen LogP contribution in [0.25, 0.3) is 11.0 Å². The number of fused-ring (bicyclic) bond motifs is 1. The third-order valence-electron chi connectivity index (χ3n) is 3.11.